The molecule has 12 heavy (non-hydrogen) atoms. The van der Waals surface area contributed by atoms with Gasteiger partial charge in [-0.3, -0.25) is 0 Å². The van der Waals surface area contributed by atoms with Gasteiger partial charge in [-0.2, -0.15) is 0 Å². The molecule has 2 nitrogen and oxygen atoms in total. The van der Waals surface area contributed by atoms with Crippen molar-refractivity contribution in [1.82, 2.24) is 0 Å². The topological polar surface area (TPSA) is 46.2 Å². The van der Waals surface area contributed by atoms with E-state index in [1.54, 1.807) is 6.92 Å². The number of aromatic hydroxyl groups is 1. The number of phenolic OH excluding ortho intramolecular Hbond substituents is 1. The summed E-state index contributed by atoms with van der Waals surface area (Å²) in [4.78, 5) is 0. The minimum atomic E-state index is -0.536. The van der Waals surface area contributed by atoms with Gasteiger partial charge in [0.05, 0.1) is 5.69 Å². The first-order valence-corrected chi connectivity index (χ1v) is 3.46. The Morgan fingerprint density at radius 3 is 2.67 bits per heavy atom. The first-order chi connectivity index (χ1) is 5.52. The highest BCUT2D eigenvalue weighted by molar-refractivity contribution is 5.69. The molecule has 0 amide bonds. The second kappa shape index (κ2) is 2.85. The first-order valence-electron chi connectivity index (χ1n) is 3.46. The van der Waals surface area contributed by atoms with Crippen molar-refractivity contribution in [1.29, 1.82) is 0 Å². The molecule has 0 radical (unpaired) electrons. The van der Waals surface area contributed by atoms with Gasteiger partial charge in [-0.15, -0.1) is 0 Å². The Labute approximate surface area is 70.1 Å². The van der Waals surface area contributed by atoms with Crippen molar-refractivity contribution in [3.05, 3.63) is 30.1 Å². The van der Waals surface area contributed by atoms with E-state index < -0.39 is 5.82 Å². The molecule has 0 saturated carbocycles. The Morgan fingerprint density at radius 2 is 2.17 bits per heavy atom. The monoisotopic (exact) mass is 167 g/mol. The van der Waals surface area contributed by atoms with Gasteiger partial charge in [0.2, 0.25) is 0 Å². The summed E-state index contributed by atoms with van der Waals surface area (Å²) in [5, 5.41) is 9.28. The quantitative estimate of drug-likeness (QED) is 0.629. The van der Waals surface area contributed by atoms with Crippen molar-refractivity contribution in [2.75, 3.05) is 5.73 Å². The van der Waals surface area contributed by atoms with Gasteiger partial charge in [0.25, 0.3) is 0 Å². The molecular weight excluding hydrogens is 157 g/mol. The first kappa shape index (κ1) is 8.59. The lowest BCUT2D eigenvalue weighted by Gasteiger charge is -2.05. The predicted molar refractivity (Wildman–Crippen MR) is 47.2 cm³/mol. The minimum absolute atomic E-state index is 0.0404. The van der Waals surface area contributed by atoms with E-state index in [9.17, 15) is 9.50 Å². The van der Waals surface area contributed by atoms with Crippen LogP contribution < -0.4 is 5.73 Å². The second-order valence-corrected chi connectivity index (χ2v) is 2.67. The zero-order chi connectivity index (χ0) is 9.30. The molecule has 3 N–H and O–H groups in total. The average molecular weight is 167 g/mol. The van der Waals surface area contributed by atoms with Gasteiger partial charge in [-0.25, -0.2) is 4.39 Å². The van der Waals surface area contributed by atoms with E-state index in [4.69, 9.17) is 5.73 Å². The Balaban J connectivity index is 3.33. The Hall–Kier alpha value is -1.51. The lowest BCUT2D eigenvalue weighted by atomic mass is 10.1. The molecule has 0 aliphatic heterocycles. The van der Waals surface area contributed by atoms with Gasteiger partial charge in [0.15, 0.2) is 0 Å². The van der Waals surface area contributed by atoms with Gasteiger partial charge < -0.3 is 10.8 Å². The van der Waals surface area contributed by atoms with Gasteiger partial charge in [0, 0.05) is 11.6 Å². The summed E-state index contributed by atoms with van der Waals surface area (Å²) >= 11 is 0. The summed E-state index contributed by atoms with van der Waals surface area (Å²) in [5.41, 5.74) is 6.16. The molecule has 0 unspecified atom stereocenters. The van der Waals surface area contributed by atoms with Gasteiger partial charge >= 0.3 is 0 Å². The Kier molecular flexibility index (Phi) is 2.04. The third-order valence-corrected chi connectivity index (χ3v) is 1.57. The molecule has 0 aliphatic carbocycles. The maximum atomic E-state index is 12.8. The third-order valence-electron chi connectivity index (χ3n) is 1.57. The lowest BCUT2D eigenvalue weighted by Crippen LogP contribution is -1.92. The molecule has 1 aromatic rings. The molecule has 0 heterocycles. The molecule has 1 aromatic carbocycles. The summed E-state index contributed by atoms with van der Waals surface area (Å²) in [6, 6.07) is 2.35. The van der Waals surface area contributed by atoms with Gasteiger partial charge in [-0.05, 0) is 18.6 Å². The Morgan fingerprint density at radius 1 is 1.58 bits per heavy atom. The normalized spacial score (nSPS) is 9.83. The molecule has 0 aromatic heterocycles. The number of hydrogen-bond donors (Lipinski definition) is 2. The van der Waals surface area contributed by atoms with Crippen LogP contribution in [-0.2, 0) is 0 Å². The standard InChI is InChI=1S/C9H10FNO/c1-5(2)6-3-7(10)8(11)4-9(6)12/h3-4,12H,1,11H2,2H3. The van der Waals surface area contributed by atoms with E-state index in [1.807, 2.05) is 0 Å². The molecule has 0 fully saturated rings. The van der Waals surface area contributed by atoms with Crippen LogP contribution in [0.1, 0.15) is 12.5 Å². The summed E-state index contributed by atoms with van der Waals surface area (Å²) in [6.45, 7) is 5.27. The number of anilines is 1. The van der Waals surface area contributed by atoms with E-state index in [-0.39, 0.29) is 11.4 Å². The van der Waals surface area contributed by atoms with E-state index >= 15 is 0 Å². The summed E-state index contributed by atoms with van der Waals surface area (Å²) < 4.78 is 12.8. The zero-order valence-electron chi connectivity index (χ0n) is 6.76. The molecule has 0 bridgehead atoms. The van der Waals surface area contributed by atoms with Gasteiger partial charge in [0.1, 0.15) is 11.6 Å². The van der Waals surface area contributed by atoms with Crippen molar-refractivity contribution in [3.8, 4) is 5.75 Å². The van der Waals surface area contributed by atoms with Crippen LogP contribution in [0, 0.1) is 5.82 Å². The molecular formula is C9H10FNO. The third kappa shape index (κ3) is 1.39. The number of nitrogens with two attached hydrogens (primary N) is 1. The number of rotatable bonds is 1. The van der Waals surface area contributed by atoms with Crippen LogP contribution in [0.15, 0.2) is 18.7 Å². The van der Waals surface area contributed by atoms with Crippen LogP contribution in [-0.4, -0.2) is 5.11 Å². The molecule has 1 rings (SSSR count). The maximum absolute atomic E-state index is 12.8. The van der Waals surface area contributed by atoms with Crippen LogP contribution in [0.3, 0.4) is 0 Å². The lowest BCUT2D eigenvalue weighted by molar-refractivity contribution is 0.472. The number of phenols is 1. The SMILES string of the molecule is C=C(C)c1cc(F)c(N)cc1O. The van der Waals surface area contributed by atoms with Gasteiger partial charge in [-0.1, -0.05) is 6.58 Å². The summed E-state index contributed by atoms with van der Waals surface area (Å²) in [6.07, 6.45) is 0. The number of benzene rings is 1. The number of halogens is 1. The summed E-state index contributed by atoms with van der Waals surface area (Å²) in [7, 11) is 0. The van der Waals surface area contributed by atoms with Crippen molar-refractivity contribution in [2.24, 2.45) is 0 Å². The largest absolute Gasteiger partial charge is 0.507 e. The smallest absolute Gasteiger partial charge is 0.146 e. The fourth-order valence-electron chi connectivity index (χ4n) is 0.920. The van der Waals surface area contributed by atoms with E-state index in [2.05, 4.69) is 6.58 Å². The van der Waals surface area contributed by atoms with Crippen LogP contribution in [0.5, 0.6) is 5.75 Å². The van der Waals surface area contributed by atoms with Crippen molar-refractivity contribution in [2.45, 2.75) is 6.92 Å². The van der Waals surface area contributed by atoms with E-state index in [0.29, 0.717) is 11.1 Å². The highest BCUT2D eigenvalue weighted by Gasteiger charge is 2.06. The molecule has 0 atom stereocenters. The van der Waals surface area contributed by atoms with Crippen LogP contribution in [0.2, 0.25) is 0 Å². The fraction of sp³-hybridized carbons (Fsp3) is 0.111. The second-order valence-electron chi connectivity index (χ2n) is 2.67. The molecule has 0 saturated heterocycles. The molecule has 0 spiro atoms. The van der Waals surface area contributed by atoms with Crippen LogP contribution >= 0.6 is 0 Å². The zero-order valence-corrected chi connectivity index (χ0v) is 6.76. The van der Waals surface area contributed by atoms with E-state index in [0.717, 1.165) is 0 Å². The molecule has 3 heteroatoms. The average Bonchev–Trinajstić information content (AvgIpc) is 1.96. The van der Waals surface area contributed by atoms with E-state index in [1.165, 1.54) is 12.1 Å². The maximum Gasteiger partial charge on any atom is 0.146 e. The van der Waals surface area contributed by atoms with Crippen molar-refractivity contribution < 1.29 is 9.50 Å². The fourth-order valence-corrected chi connectivity index (χ4v) is 0.920. The number of nitrogen functional groups attached to an aromatic ring is 1. The number of allylic oxidation sites excluding steroid dienone is 1. The van der Waals surface area contributed by atoms with Crippen LogP contribution in [0.4, 0.5) is 10.1 Å². The molecule has 64 valence electrons. The Bertz CT molecular complexity index is 334. The minimum Gasteiger partial charge on any atom is -0.507 e. The van der Waals surface area contributed by atoms with Crippen LogP contribution in [0.25, 0.3) is 5.57 Å². The van der Waals surface area contributed by atoms with Crippen molar-refractivity contribution in [3.63, 3.8) is 0 Å². The van der Waals surface area contributed by atoms with Crippen molar-refractivity contribution >= 4 is 11.3 Å². The highest BCUT2D eigenvalue weighted by atomic mass is 19.1. The number of hydrogen-bond acceptors (Lipinski definition) is 2. The molecule has 0 aliphatic rings. The summed E-state index contributed by atoms with van der Waals surface area (Å²) in [5.74, 6) is -0.577. The highest BCUT2D eigenvalue weighted by Crippen LogP contribution is 2.27. The predicted octanol–water partition coefficient (Wildman–Crippen LogP) is 2.15.